The fourth-order valence-corrected chi connectivity index (χ4v) is 2.72. The Kier molecular flexibility index (Phi) is 7.27. The number of aryl methyl sites for hydroxylation is 1. The number of rotatable bonds is 10. The second-order valence-corrected chi connectivity index (χ2v) is 6.46. The Morgan fingerprint density at radius 3 is 2.54 bits per heavy atom. The Hall–Kier alpha value is -3.05. The van der Waals surface area contributed by atoms with E-state index in [1.165, 1.54) is 5.56 Å². The van der Waals surface area contributed by atoms with Gasteiger partial charge in [0, 0.05) is 6.54 Å². The topological polar surface area (TPSA) is 60.7 Å². The van der Waals surface area contributed by atoms with E-state index in [1.54, 1.807) is 6.26 Å². The maximum Gasteiger partial charge on any atom is 0.258 e. The lowest BCUT2D eigenvalue weighted by molar-refractivity contribution is -0.123. The molecule has 0 aliphatic carbocycles. The lowest BCUT2D eigenvalue weighted by atomic mass is 10.1. The van der Waals surface area contributed by atoms with Gasteiger partial charge in [0.05, 0.1) is 12.9 Å². The van der Waals surface area contributed by atoms with Crippen LogP contribution in [0.3, 0.4) is 0 Å². The minimum absolute atomic E-state index is 0.00256. The fraction of sp³-hybridized carbons (Fsp3) is 0.261. The van der Waals surface area contributed by atoms with E-state index in [0.29, 0.717) is 25.5 Å². The van der Waals surface area contributed by atoms with Gasteiger partial charge in [-0.15, -0.1) is 0 Å². The van der Waals surface area contributed by atoms with Crippen molar-refractivity contribution < 1.29 is 18.7 Å². The molecular formula is C23H25NO4. The van der Waals surface area contributed by atoms with Crippen molar-refractivity contribution in [3.63, 3.8) is 0 Å². The van der Waals surface area contributed by atoms with E-state index in [2.05, 4.69) is 12.2 Å². The van der Waals surface area contributed by atoms with Gasteiger partial charge in [0.15, 0.2) is 6.61 Å². The Bertz CT molecular complexity index is 857. The molecule has 0 atom stereocenters. The van der Waals surface area contributed by atoms with Crippen LogP contribution in [0.2, 0.25) is 0 Å². The number of benzene rings is 2. The third-order valence-corrected chi connectivity index (χ3v) is 4.28. The first kappa shape index (κ1) is 19.7. The van der Waals surface area contributed by atoms with Crippen molar-refractivity contribution in [2.24, 2.45) is 0 Å². The zero-order valence-corrected chi connectivity index (χ0v) is 16.0. The van der Waals surface area contributed by atoms with E-state index >= 15 is 0 Å². The highest BCUT2D eigenvalue weighted by atomic mass is 16.5. The lowest BCUT2D eigenvalue weighted by Crippen LogP contribution is -2.28. The van der Waals surface area contributed by atoms with Crippen molar-refractivity contribution in [2.45, 2.75) is 33.1 Å². The average molecular weight is 379 g/mol. The normalized spacial score (nSPS) is 10.6. The third kappa shape index (κ3) is 6.28. The molecular weight excluding hydrogens is 354 g/mol. The van der Waals surface area contributed by atoms with Crippen molar-refractivity contribution in [1.29, 1.82) is 0 Å². The van der Waals surface area contributed by atoms with Gasteiger partial charge >= 0.3 is 0 Å². The molecule has 3 aromatic rings. The second-order valence-electron chi connectivity index (χ2n) is 6.46. The van der Waals surface area contributed by atoms with Gasteiger partial charge in [0.2, 0.25) is 0 Å². The fourth-order valence-electron chi connectivity index (χ4n) is 2.72. The largest absolute Gasteiger partial charge is 0.484 e. The average Bonchev–Trinajstić information content (AvgIpc) is 3.25. The molecule has 0 aliphatic rings. The molecule has 5 heteroatoms. The highest BCUT2D eigenvalue weighted by Crippen LogP contribution is 2.12. The molecule has 0 fully saturated rings. The molecule has 0 spiro atoms. The van der Waals surface area contributed by atoms with Crippen LogP contribution in [0.4, 0.5) is 0 Å². The van der Waals surface area contributed by atoms with Gasteiger partial charge in [0.25, 0.3) is 5.91 Å². The van der Waals surface area contributed by atoms with Crippen molar-refractivity contribution >= 4 is 5.91 Å². The molecule has 0 radical (unpaired) electrons. The van der Waals surface area contributed by atoms with Gasteiger partial charge in [-0.25, -0.2) is 0 Å². The van der Waals surface area contributed by atoms with Crippen LogP contribution in [0, 0.1) is 0 Å². The van der Waals surface area contributed by atoms with Gasteiger partial charge in [-0.05, 0) is 47.4 Å². The highest BCUT2D eigenvalue weighted by Gasteiger charge is 2.04. The SMILES string of the molecule is CCc1ccc(OCC(=O)NCc2cccc(COCc3ccco3)c2)cc1. The van der Waals surface area contributed by atoms with Crippen molar-refractivity contribution in [1.82, 2.24) is 5.32 Å². The summed E-state index contributed by atoms with van der Waals surface area (Å²) in [5.74, 6) is 1.34. The highest BCUT2D eigenvalue weighted by molar-refractivity contribution is 5.77. The quantitative estimate of drug-likeness (QED) is 0.572. The second kappa shape index (κ2) is 10.3. The minimum Gasteiger partial charge on any atom is -0.484 e. The van der Waals surface area contributed by atoms with Crippen LogP contribution in [0.5, 0.6) is 5.75 Å². The summed E-state index contributed by atoms with van der Waals surface area (Å²) in [7, 11) is 0. The van der Waals surface area contributed by atoms with Crippen molar-refractivity contribution in [3.8, 4) is 5.75 Å². The summed E-state index contributed by atoms with van der Waals surface area (Å²) in [6.07, 6.45) is 2.61. The number of nitrogens with one attached hydrogen (secondary N) is 1. The Morgan fingerprint density at radius 1 is 0.964 bits per heavy atom. The molecule has 0 aliphatic heterocycles. The summed E-state index contributed by atoms with van der Waals surface area (Å²) in [5, 5.41) is 2.88. The zero-order valence-electron chi connectivity index (χ0n) is 16.0. The monoisotopic (exact) mass is 379 g/mol. The maximum absolute atomic E-state index is 12.0. The summed E-state index contributed by atoms with van der Waals surface area (Å²) >= 11 is 0. The molecule has 3 rings (SSSR count). The number of furan rings is 1. The van der Waals surface area contributed by atoms with Crippen LogP contribution in [0.1, 0.15) is 29.4 Å². The molecule has 146 valence electrons. The molecule has 28 heavy (non-hydrogen) atoms. The molecule has 1 amide bonds. The smallest absolute Gasteiger partial charge is 0.258 e. The molecule has 0 unspecified atom stereocenters. The van der Waals surface area contributed by atoms with Gasteiger partial charge in [0.1, 0.15) is 18.1 Å². The molecule has 0 saturated carbocycles. The predicted molar refractivity (Wildman–Crippen MR) is 107 cm³/mol. The summed E-state index contributed by atoms with van der Waals surface area (Å²) in [6, 6.07) is 19.5. The molecule has 5 nitrogen and oxygen atoms in total. The Labute approximate surface area is 165 Å². The number of hydrogen-bond acceptors (Lipinski definition) is 4. The Morgan fingerprint density at radius 2 is 1.79 bits per heavy atom. The summed E-state index contributed by atoms with van der Waals surface area (Å²) in [4.78, 5) is 12.0. The number of carbonyl (C=O) groups excluding carboxylic acids is 1. The van der Waals surface area contributed by atoms with Gasteiger partial charge in [-0.2, -0.15) is 0 Å². The number of amides is 1. The van der Waals surface area contributed by atoms with Crippen LogP contribution >= 0.6 is 0 Å². The van der Waals surface area contributed by atoms with Crippen LogP contribution in [0.25, 0.3) is 0 Å². The van der Waals surface area contributed by atoms with E-state index in [9.17, 15) is 4.79 Å². The Balaban J connectivity index is 1.40. The molecule has 1 aromatic heterocycles. The van der Waals surface area contributed by atoms with E-state index in [0.717, 1.165) is 23.3 Å². The number of carbonyl (C=O) groups is 1. The van der Waals surface area contributed by atoms with Gasteiger partial charge in [-0.3, -0.25) is 4.79 Å². The zero-order chi connectivity index (χ0) is 19.6. The first-order chi connectivity index (χ1) is 13.7. The molecule has 0 bridgehead atoms. The van der Waals surface area contributed by atoms with Gasteiger partial charge in [-0.1, -0.05) is 43.3 Å². The van der Waals surface area contributed by atoms with E-state index < -0.39 is 0 Å². The molecule has 1 heterocycles. The van der Waals surface area contributed by atoms with E-state index in [4.69, 9.17) is 13.9 Å². The first-order valence-corrected chi connectivity index (χ1v) is 9.39. The first-order valence-electron chi connectivity index (χ1n) is 9.39. The molecule has 2 aromatic carbocycles. The molecule has 1 N–H and O–H groups in total. The number of hydrogen-bond donors (Lipinski definition) is 1. The van der Waals surface area contributed by atoms with Crippen LogP contribution < -0.4 is 10.1 Å². The minimum atomic E-state index is -0.154. The van der Waals surface area contributed by atoms with Gasteiger partial charge < -0.3 is 19.2 Å². The van der Waals surface area contributed by atoms with E-state index in [-0.39, 0.29) is 12.5 Å². The predicted octanol–water partition coefficient (Wildman–Crippen LogP) is 4.25. The van der Waals surface area contributed by atoms with Crippen LogP contribution in [0.15, 0.2) is 71.3 Å². The number of ether oxygens (including phenoxy) is 2. The standard InChI is InChI=1S/C23H25NO4/c1-2-18-8-10-21(11-9-18)28-17-23(25)24-14-19-5-3-6-20(13-19)15-26-16-22-7-4-12-27-22/h3-13H,2,14-17H2,1H3,(H,24,25). The summed E-state index contributed by atoms with van der Waals surface area (Å²) < 4.78 is 16.4. The summed E-state index contributed by atoms with van der Waals surface area (Å²) in [6.45, 7) is 3.47. The third-order valence-electron chi connectivity index (χ3n) is 4.28. The van der Waals surface area contributed by atoms with Crippen LogP contribution in [-0.4, -0.2) is 12.5 Å². The van der Waals surface area contributed by atoms with Crippen molar-refractivity contribution in [2.75, 3.05) is 6.61 Å². The van der Waals surface area contributed by atoms with Crippen molar-refractivity contribution in [3.05, 3.63) is 89.4 Å². The van der Waals surface area contributed by atoms with E-state index in [1.807, 2.05) is 60.7 Å². The summed E-state index contributed by atoms with van der Waals surface area (Å²) in [5.41, 5.74) is 3.30. The lowest BCUT2D eigenvalue weighted by Gasteiger charge is -2.09. The maximum atomic E-state index is 12.0. The molecule has 0 saturated heterocycles. The van der Waals surface area contributed by atoms with Crippen LogP contribution in [-0.2, 0) is 35.7 Å².